The van der Waals surface area contributed by atoms with Crippen molar-refractivity contribution in [2.45, 2.75) is 4.90 Å². The van der Waals surface area contributed by atoms with Gasteiger partial charge in [0.05, 0.1) is 48.8 Å². The van der Waals surface area contributed by atoms with Gasteiger partial charge in [-0.3, -0.25) is 13.3 Å². The van der Waals surface area contributed by atoms with Crippen molar-refractivity contribution in [1.29, 1.82) is 0 Å². The minimum atomic E-state index is -1.21. The predicted molar refractivity (Wildman–Crippen MR) is 243 cm³/mol. The van der Waals surface area contributed by atoms with Crippen LogP contribution in [-0.2, 0) is 10.8 Å². The average molecular weight is 873 g/mol. The summed E-state index contributed by atoms with van der Waals surface area (Å²) < 4.78 is 18.6. The molecule has 11 aromatic rings. The van der Waals surface area contributed by atoms with Crippen LogP contribution in [0.3, 0.4) is 0 Å². The van der Waals surface area contributed by atoms with E-state index in [0.717, 1.165) is 59.0 Å². The molecule has 0 amide bonds. The fourth-order valence-corrected chi connectivity index (χ4v) is 10.2. The molecule has 0 saturated heterocycles. The number of para-hydroxylation sites is 4. The standard InChI is InChI=1S/C23H15Cl2N3OS.C22H11Cl2N3S/c1-30(29)21-11-10-14(24)12-17(21)18-13-22(27-23(25)26-18)28-19-8-4-2-6-15(19)16-7-3-5-9-20(16)28;23-12-9-10-18-15(11-12)19-20(28-18)21(26-22(24)25-19)27-16-7-3-1-5-13(16)14-6-2-4-8-17(14)27/h2-13H,1H3;1-11H. The van der Waals surface area contributed by atoms with Crippen molar-refractivity contribution in [3.63, 3.8) is 0 Å². The lowest BCUT2D eigenvalue weighted by Gasteiger charge is -2.11. The van der Waals surface area contributed by atoms with E-state index in [0.29, 0.717) is 32.0 Å². The van der Waals surface area contributed by atoms with Crippen LogP contribution in [0.4, 0.5) is 0 Å². The summed E-state index contributed by atoms with van der Waals surface area (Å²) in [6.45, 7) is 0. The first-order valence-corrected chi connectivity index (χ1v) is 21.8. The zero-order valence-electron chi connectivity index (χ0n) is 30.2. The van der Waals surface area contributed by atoms with Gasteiger partial charge >= 0.3 is 0 Å². The number of fused-ring (bicyclic) bond motifs is 9. The van der Waals surface area contributed by atoms with Crippen LogP contribution in [0.15, 0.2) is 144 Å². The zero-order valence-corrected chi connectivity index (χ0v) is 34.9. The highest BCUT2D eigenvalue weighted by Crippen LogP contribution is 2.41. The summed E-state index contributed by atoms with van der Waals surface area (Å²) in [5.74, 6) is 1.43. The molecule has 0 fully saturated rings. The molecule has 0 aliphatic heterocycles. The molecule has 1 atom stereocenters. The maximum Gasteiger partial charge on any atom is 0.225 e. The first-order chi connectivity index (χ1) is 28.2. The molecule has 0 spiro atoms. The van der Waals surface area contributed by atoms with Crippen LogP contribution in [0.2, 0.25) is 20.6 Å². The van der Waals surface area contributed by atoms with E-state index in [1.165, 1.54) is 10.8 Å². The highest BCUT2D eigenvalue weighted by atomic mass is 35.5. The Bertz CT molecular complexity index is 3360. The minimum absolute atomic E-state index is 0.108. The maximum absolute atomic E-state index is 12.3. The molecule has 0 aliphatic rings. The van der Waals surface area contributed by atoms with Crippen molar-refractivity contribution in [3.05, 3.63) is 160 Å². The summed E-state index contributed by atoms with van der Waals surface area (Å²) >= 11 is 26.8. The highest BCUT2D eigenvalue weighted by molar-refractivity contribution is 7.84. The lowest BCUT2D eigenvalue weighted by Crippen LogP contribution is -2.02. The molecule has 7 nitrogen and oxygen atoms in total. The number of hydrogen-bond donors (Lipinski definition) is 0. The molecule has 58 heavy (non-hydrogen) atoms. The van der Waals surface area contributed by atoms with Gasteiger partial charge in [0.15, 0.2) is 5.82 Å². The molecule has 6 aromatic carbocycles. The number of nitrogens with zero attached hydrogens (tertiary/aromatic N) is 6. The largest absolute Gasteiger partial charge is 0.294 e. The third-order valence-electron chi connectivity index (χ3n) is 10.0. The Kier molecular flexibility index (Phi) is 9.40. The van der Waals surface area contributed by atoms with E-state index in [1.807, 2.05) is 60.7 Å². The van der Waals surface area contributed by atoms with Crippen LogP contribution in [-0.4, -0.2) is 39.5 Å². The van der Waals surface area contributed by atoms with Gasteiger partial charge in [-0.1, -0.05) is 96.0 Å². The Hall–Kier alpha value is -5.39. The van der Waals surface area contributed by atoms with Crippen molar-refractivity contribution in [3.8, 4) is 22.9 Å². The molecule has 0 saturated carbocycles. The smallest absolute Gasteiger partial charge is 0.225 e. The summed E-state index contributed by atoms with van der Waals surface area (Å²) in [7, 11) is -1.21. The van der Waals surface area contributed by atoms with Gasteiger partial charge in [0.2, 0.25) is 10.6 Å². The van der Waals surface area contributed by atoms with E-state index in [4.69, 9.17) is 46.4 Å². The number of aromatic nitrogens is 6. The second kappa shape index (κ2) is 14.8. The second-order valence-corrected chi connectivity index (χ2v) is 17.4. The fourth-order valence-electron chi connectivity index (χ4n) is 7.66. The van der Waals surface area contributed by atoms with E-state index in [9.17, 15) is 4.21 Å². The average Bonchev–Trinajstić information content (AvgIpc) is 3.88. The Labute approximate surface area is 357 Å². The highest BCUT2D eigenvalue weighted by Gasteiger charge is 2.20. The van der Waals surface area contributed by atoms with E-state index in [1.54, 1.807) is 35.8 Å². The molecular formula is C45H26Cl4N6OS2. The Morgan fingerprint density at radius 2 is 1.05 bits per heavy atom. The van der Waals surface area contributed by atoms with Gasteiger partial charge in [0, 0.05) is 64.5 Å². The van der Waals surface area contributed by atoms with Crippen molar-refractivity contribution < 1.29 is 4.21 Å². The van der Waals surface area contributed by atoms with E-state index in [-0.39, 0.29) is 10.6 Å². The second-order valence-electron chi connectivity index (χ2n) is 13.5. The number of rotatable bonds is 4. The van der Waals surface area contributed by atoms with Crippen molar-refractivity contribution in [1.82, 2.24) is 29.1 Å². The fraction of sp³-hybridized carbons (Fsp3) is 0.0222. The Balaban J connectivity index is 0.000000141. The number of thiophene rings is 1. The molecule has 5 heterocycles. The first kappa shape index (κ1) is 36.9. The van der Waals surface area contributed by atoms with E-state index < -0.39 is 10.8 Å². The van der Waals surface area contributed by atoms with Crippen molar-refractivity contribution >= 4 is 132 Å². The Morgan fingerprint density at radius 1 is 0.534 bits per heavy atom. The molecular weight excluding hydrogens is 846 g/mol. The molecule has 0 bridgehead atoms. The minimum Gasteiger partial charge on any atom is -0.294 e. The number of halogens is 4. The predicted octanol–water partition coefficient (Wildman–Crippen LogP) is 13.5. The van der Waals surface area contributed by atoms with Gasteiger partial charge in [0.25, 0.3) is 0 Å². The first-order valence-electron chi connectivity index (χ1n) is 17.9. The van der Waals surface area contributed by atoms with Gasteiger partial charge < -0.3 is 0 Å². The molecule has 0 aliphatic carbocycles. The summed E-state index contributed by atoms with van der Waals surface area (Å²) in [6.07, 6.45) is 1.63. The van der Waals surface area contributed by atoms with Crippen LogP contribution >= 0.6 is 57.7 Å². The van der Waals surface area contributed by atoms with Crippen molar-refractivity contribution in [2.75, 3.05) is 6.26 Å². The monoisotopic (exact) mass is 870 g/mol. The summed E-state index contributed by atoms with van der Waals surface area (Å²) in [6, 6.07) is 46.0. The molecule has 13 heteroatoms. The van der Waals surface area contributed by atoms with Gasteiger partial charge in [-0.25, -0.2) is 9.97 Å². The molecule has 0 N–H and O–H groups in total. The van der Waals surface area contributed by atoms with E-state index in [2.05, 4.69) is 89.7 Å². The normalized spacial score (nSPS) is 12.2. The molecule has 0 radical (unpaired) electrons. The van der Waals surface area contributed by atoms with Gasteiger partial charge in [0.1, 0.15) is 5.82 Å². The lowest BCUT2D eigenvalue weighted by molar-refractivity contribution is 0.687. The van der Waals surface area contributed by atoms with Gasteiger partial charge in [-0.2, -0.15) is 9.97 Å². The van der Waals surface area contributed by atoms with Crippen LogP contribution < -0.4 is 0 Å². The van der Waals surface area contributed by atoms with Crippen LogP contribution in [0.5, 0.6) is 0 Å². The number of hydrogen-bond acceptors (Lipinski definition) is 6. The molecule has 282 valence electrons. The van der Waals surface area contributed by atoms with Crippen LogP contribution in [0, 0.1) is 0 Å². The third kappa shape index (κ3) is 6.30. The molecule has 5 aromatic heterocycles. The topological polar surface area (TPSA) is 78.5 Å². The van der Waals surface area contributed by atoms with Crippen LogP contribution in [0.25, 0.3) is 86.8 Å². The van der Waals surface area contributed by atoms with Gasteiger partial charge in [-0.05, 0) is 83.9 Å². The quantitative estimate of drug-likeness (QED) is 0.165. The molecule has 11 rings (SSSR count). The summed E-state index contributed by atoms with van der Waals surface area (Å²) in [5, 5.41) is 7.17. The summed E-state index contributed by atoms with van der Waals surface area (Å²) in [4.78, 5) is 18.7. The van der Waals surface area contributed by atoms with Crippen LogP contribution in [0.1, 0.15) is 0 Å². The third-order valence-corrected chi connectivity index (χ3v) is 13.0. The SMILES string of the molecule is CS(=O)c1ccc(Cl)cc1-c1cc(-n2c3ccccc3c3ccccc32)nc(Cl)n1.Clc1ccc2sc3c(-n4c5ccccc5c5ccccc54)nc(Cl)nc3c2c1. The molecule has 1 unspecified atom stereocenters. The van der Waals surface area contributed by atoms with Gasteiger partial charge in [-0.15, -0.1) is 11.3 Å². The van der Waals surface area contributed by atoms with Crippen molar-refractivity contribution in [2.24, 2.45) is 0 Å². The van der Waals surface area contributed by atoms with E-state index >= 15 is 0 Å². The lowest BCUT2D eigenvalue weighted by atomic mass is 10.1. The summed E-state index contributed by atoms with van der Waals surface area (Å²) in [5.41, 5.74) is 6.30. The maximum atomic E-state index is 12.3. The zero-order chi connectivity index (χ0) is 39.7. The Morgan fingerprint density at radius 3 is 1.64 bits per heavy atom. The number of benzene rings is 6.